The first-order valence-corrected chi connectivity index (χ1v) is 8.18. The molecule has 2 unspecified atom stereocenters. The molecule has 0 radical (unpaired) electrons. The van der Waals surface area contributed by atoms with Gasteiger partial charge in [0.05, 0.1) is 0 Å². The lowest BCUT2D eigenvalue weighted by Crippen LogP contribution is -2.61. The number of hydrogen-bond acceptors (Lipinski definition) is 2. The molecule has 0 aromatic heterocycles. The second-order valence-electron chi connectivity index (χ2n) is 6.67. The van der Waals surface area contributed by atoms with Gasteiger partial charge < -0.3 is 5.73 Å². The summed E-state index contributed by atoms with van der Waals surface area (Å²) in [5.74, 6) is 1.78. The van der Waals surface area contributed by atoms with Crippen LogP contribution in [0, 0.1) is 11.8 Å². The van der Waals surface area contributed by atoms with Crippen molar-refractivity contribution in [1.82, 2.24) is 4.90 Å². The minimum atomic E-state index is 0.343. The van der Waals surface area contributed by atoms with Crippen LogP contribution in [0.25, 0.3) is 0 Å². The maximum Gasteiger partial charge on any atom is 0.0357 e. The Hall–Kier alpha value is -0.0800. The average Bonchev–Trinajstić information content (AvgIpc) is 2.41. The minimum Gasteiger partial charge on any atom is -0.329 e. The van der Waals surface area contributed by atoms with Gasteiger partial charge in [0.15, 0.2) is 0 Å². The van der Waals surface area contributed by atoms with Crippen LogP contribution in [-0.4, -0.2) is 30.1 Å². The molecule has 1 saturated heterocycles. The molecule has 2 aliphatic rings. The quantitative estimate of drug-likeness (QED) is 0.831. The Morgan fingerprint density at radius 2 is 1.89 bits per heavy atom. The number of likely N-dealkylation sites (tertiary alicyclic amines) is 1. The van der Waals surface area contributed by atoms with Crippen LogP contribution in [0.2, 0.25) is 0 Å². The Kier molecular flexibility index (Phi) is 5.08. The summed E-state index contributed by atoms with van der Waals surface area (Å²) in [5.41, 5.74) is 6.55. The summed E-state index contributed by atoms with van der Waals surface area (Å²) in [5, 5.41) is 0. The zero-order chi connectivity index (χ0) is 13.0. The van der Waals surface area contributed by atoms with Gasteiger partial charge in [0.2, 0.25) is 0 Å². The third-order valence-electron chi connectivity index (χ3n) is 5.71. The maximum absolute atomic E-state index is 6.21. The SMILES string of the molecule is CCCC1CCN(C2(CN)CCCCC2C)CC1. The lowest BCUT2D eigenvalue weighted by Gasteiger charge is -2.52. The third-order valence-corrected chi connectivity index (χ3v) is 5.71. The molecule has 106 valence electrons. The fourth-order valence-corrected chi connectivity index (χ4v) is 4.37. The van der Waals surface area contributed by atoms with E-state index in [1.165, 1.54) is 64.5 Å². The molecule has 0 spiro atoms. The average molecular weight is 252 g/mol. The molecule has 2 N–H and O–H groups in total. The van der Waals surface area contributed by atoms with Crippen molar-refractivity contribution in [1.29, 1.82) is 0 Å². The first-order chi connectivity index (χ1) is 8.73. The molecule has 0 bridgehead atoms. The molecular formula is C16H32N2. The van der Waals surface area contributed by atoms with Gasteiger partial charge >= 0.3 is 0 Å². The van der Waals surface area contributed by atoms with E-state index in [0.717, 1.165) is 18.4 Å². The summed E-state index contributed by atoms with van der Waals surface area (Å²) in [6.45, 7) is 8.21. The Balaban J connectivity index is 1.97. The van der Waals surface area contributed by atoms with E-state index in [1.807, 2.05) is 0 Å². The summed E-state index contributed by atoms with van der Waals surface area (Å²) in [6.07, 6.45) is 11.1. The molecule has 0 aromatic carbocycles. The topological polar surface area (TPSA) is 29.3 Å². The Bertz CT molecular complexity index is 245. The zero-order valence-corrected chi connectivity index (χ0v) is 12.5. The Morgan fingerprint density at radius 3 is 2.44 bits per heavy atom. The first-order valence-electron chi connectivity index (χ1n) is 8.18. The van der Waals surface area contributed by atoms with Gasteiger partial charge in [-0.15, -0.1) is 0 Å². The van der Waals surface area contributed by atoms with E-state index in [-0.39, 0.29) is 0 Å². The minimum absolute atomic E-state index is 0.343. The fourth-order valence-electron chi connectivity index (χ4n) is 4.37. The van der Waals surface area contributed by atoms with E-state index < -0.39 is 0 Å². The third kappa shape index (κ3) is 2.75. The molecule has 1 aliphatic carbocycles. The van der Waals surface area contributed by atoms with Gasteiger partial charge in [0, 0.05) is 12.1 Å². The summed E-state index contributed by atoms with van der Waals surface area (Å²) < 4.78 is 0. The van der Waals surface area contributed by atoms with E-state index in [4.69, 9.17) is 5.73 Å². The van der Waals surface area contributed by atoms with Crippen molar-refractivity contribution in [2.75, 3.05) is 19.6 Å². The molecule has 18 heavy (non-hydrogen) atoms. The molecule has 1 aliphatic heterocycles. The van der Waals surface area contributed by atoms with Crippen molar-refractivity contribution in [2.24, 2.45) is 17.6 Å². The summed E-state index contributed by atoms with van der Waals surface area (Å²) >= 11 is 0. The van der Waals surface area contributed by atoms with Gasteiger partial charge in [-0.2, -0.15) is 0 Å². The van der Waals surface area contributed by atoms with Crippen LogP contribution in [0.5, 0.6) is 0 Å². The Labute approximate surface area is 113 Å². The molecule has 2 nitrogen and oxygen atoms in total. The van der Waals surface area contributed by atoms with Crippen molar-refractivity contribution in [3.8, 4) is 0 Å². The van der Waals surface area contributed by atoms with Crippen LogP contribution >= 0.6 is 0 Å². The van der Waals surface area contributed by atoms with Crippen LogP contribution in [0.4, 0.5) is 0 Å². The van der Waals surface area contributed by atoms with Crippen LogP contribution in [0.15, 0.2) is 0 Å². The monoisotopic (exact) mass is 252 g/mol. The predicted octanol–water partition coefficient (Wildman–Crippen LogP) is 3.41. The number of hydrogen-bond donors (Lipinski definition) is 1. The van der Waals surface area contributed by atoms with E-state index in [1.54, 1.807) is 0 Å². The van der Waals surface area contributed by atoms with Crippen LogP contribution in [-0.2, 0) is 0 Å². The molecule has 2 atom stereocenters. The van der Waals surface area contributed by atoms with Gasteiger partial charge in [-0.25, -0.2) is 0 Å². The predicted molar refractivity (Wildman–Crippen MR) is 78.6 cm³/mol. The van der Waals surface area contributed by atoms with Gasteiger partial charge in [-0.3, -0.25) is 4.90 Å². The van der Waals surface area contributed by atoms with E-state index in [2.05, 4.69) is 18.7 Å². The van der Waals surface area contributed by atoms with Gasteiger partial charge in [-0.05, 0) is 50.6 Å². The summed E-state index contributed by atoms with van der Waals surface area (Å²) in [7, 11) is 0. The zero-order valence-electron chi connectivity index (χ0n) is 12.5. The maximum atomic E-state index is 6.21. The van der Waals surface area contributed by atoms with Crippen LogP contribution in [0.1, 0.15) is 65.2 Å². The number of piperidine rings is 1. The van der Waals surface area contributed by atoms with Gasteiger partial charge in [0.25, 0.3) is 0 Å². The lowest BCUT2D eigenvalue weighted by atomic mass is 9.71. The van der Waals surface area contributed by atoms with Crippen molar-refractivity contribution in [2.45, 2.75) is 70.8 Å². The van der Waals surface area contributed by atoms with Crippen LogP contribution in [0.3, 0.4) is 0 Å². The van der Waals surface area contributed by atoms with Crippen molar-refractivity contribution in [3.63, 3.8) is 0 Å². The lowest BCUT2D eigenvalue weighted by molar-refractivity contribution is -0.0105. The number of nitrogens with zero attached hydrogens (tertiary/aromatic N) is 1. The van der Waals surface area contributed by atoms with E-state index in [9.17, 15) is 0 Å². The summed E-state index contributed by atoms with van der Waals surface area (Å²) in [4.78, 5) is 2.77. The number of rotatable bonds is 4. The first kappa shape index (κ1) is 14.3. The fraction of sp³-hybridized carbons (Fsp3) is 1.00. The van der Waals surface area contributed by atoms with Gasteiger partial charge in [-0.1, -0.05) is 39.5 Å². The smallest absolute Gasteiger partial charge is 0.0357 e. The normalized spacial score (nSPS) is 35.8. The standard InChI is InChI=1S/C16H32N2/c1-3-6-15-8-11-18(12-9-15)16(13-17)10-5-4-7-14(16)2/h14-15H,3-13,17H2,1-2H3. The van der Waals surface area contributed by atoms with Crippen LogP contribution < -0.4 is 5.73 Å². The molecule has 2 fully saturated rings. The number of nitrogens with two attached hydrogens (primary N) is 1. The highest BCUT2D eigenvalue weighted by atomic mass is 15.2. The molecule has 2 heteroatoms. The van der Waals surface area contributed by atoms with Crippen molar-refractivity contribution in [3.05, 3.63) is 0 Å². The second kappa shape index (κ2) is 6.38. The van der Waals surface area contributed by atoms with E-state index in [0.29, 0.717) is 5.54 Å². The molecule has 1 saturated carbocycles. The highest BCUT2D eigenvalue weighted by Crippen LogP contribution is 2.40. The molecule has 1 heterocycles. The Morgan fingerprint density at radius 1 is 1.17 bits per heavy atom. The highest BCUT2D eigenvalue weighted by Gasteiger charge is 2.42. The molecule has 2 rings (SSSR count). The largest absolute Gasteiger partial charge is 0.329 e. The molecular weight excluding hydrogens is 220 g/mol. The summed E-state index contributed by atoms with van der Waals surface area (Å²) in [6, 6.07) is 0. The van der Waals surface area contributed by atoms with Crippen molar-refractivity contribution >= 4 is 0 Å². The van der Waals surface area contributed by atoms with Crippen molar-refractivity contribution < 1.29 is 0 Å². The second-order valence-corrected chi connectivity index (χ2v) is 6.67. The van der Waals surface area contributed by atoms with Gasteiger partial charge in [0.1, 0.15) is 0 Å². The molecule has 0 aromatic rings. The highest BCUT2D eigenvalue weighted by molar-refractivity contribution is 4.99. The molecule has 0 amide bonds. The van der Waals surface area contributed by atoms with E-state index >= 15 is 0 Å².